The number of thiophene rings is 1. The minimum atomic E-state index is 0.528. The van der Waals surface area contributed by atoms with E-state index in [1.54, 1.807) is 4.88 Å². The molecule has 1 aromatic carbocycles. The molecule has 1 saturated carbocycles. The molecule has 0 spiro atoms. The fourth-order valence-corrected chi connectivity index (χ4v) is 4.30. The highest BCUT2D eigenvalue weighted by atomic mass is 32.1. The molecule has 0 amide bonds. The molecule has 1 nitrogen and oxygen atoms in total. The summed E-state index contributed by atoms with van der Waals surface area (Å²) in [6.45, 7) is 2.25. The standard InChI is InChI=1S/C17H21NS/c1-3-12-9-10-19-17(12)16(18-2)15-11-14(15)13-7-5-4-6-8-13/h4-10,14-16,18H,3,11H2,1-2H3. The third-order valence-electron chi connectivity index (χ3n) is 4.25. The number of benzene rings is 1. The van der Waals surface area contributed by atoms with Crippen LogP contribution in [0.15, 0.2) is 41.8 Å². The van der Waals surface area contributed by atoms with E-state index in [4.69, 9.17) is 0 Å². The summed E-state index contributed by atoms with van der Waals surface area (Å²) < 4.78 is 0. The molecule has 3 unspecified atom stereocenters. The Kier molecular flexibility index (Phi) is 3.72. The van der Waals surface area contributed by atoms with Crippen LogP contribution in [0.2, 0.25) is 0 Å². The van der Waals surface area contributed by atoms with E-state index in [9.17, 15) is 0 Å². The lowest BCUT2D eigenvalue weighted by Crippen LogP contribution is -2.19. The highest BCUT2D eigenvalue weighted by Crippen LogP contribution is 2.54. The van der Waals surface area contributed by atoms with Crippen LogP contribution in [0.25, 0.3) is 0 Å². The molecule has 1 aliphatic carbocycles. The van der Waals surface area contributed by atoms with Crippen molar-refractivity contribution in [1.82, 2.24) is 5.32 Å². The van der Waals surface area contributed by atoms with Gasteiger partial charge in [0, 0.05) is 10.9 Å². The first-order valence-corrected chi connectivity index (χ1v) is 8.01. The van der Waals surface area contributed by atoms with Gasteiger partial charge >= 0.3 is 0 Å². The topological polar surface area (TPSA) is 12.0 Å². The maximum absolute atomic E-state index is 3.55. The minimum Gasteiger partial charge on any atom is -0.312 e. The molecule has 19 heavy (non-hydrogen) atoms. The Balaban J connectivity index is 1.79. The third kappa shape index (κ3) is 2.47. The Morgan fingerprint density at radius 3 is 2.74 bits per heavy atom. The summed E-state index contributed by atoms with van der Waals surface area (Å²) >= 11 is 1.91. The van der Waals surface area contributed by atoms with Gasteiger partial charge in [-0.25, -0.2) is 0 Å². The van der Waals surface area contributed by atoms with Gasteiger partial charge in [0.1, 0.15) is 0 Å². The number of hydrogen-bond donors (Lipinski definition) is 1. The van der Waals surface area contributed by atoms with Gasteiger partial charge in [-0.2, -0.15) is 0 Å². The molecule has 1 aliphatic rings. The van der Waals surface area contributed by atoms with Crippen LogP contribution in [0.3, 0.4) is 0 Å². The monoisotopic (exact) mass is 271 g/mol. The lowest BCUT2D eigenvalue weighted by Gasteiger charge is -2.17. The van der Waals surface area contributed by atoms with Gasteiger partial charge in [0.15, 0.2) is 0 Å². The molecule has 0 bridgehead atoms. The highest BCUT2D eigenvalue weighted by molar-refractivity contribution is 7.10. The molecular formula is C17H21NS. The number of rotatable bonds is 5. The minimum absolute atomic E-state index is 0.528. The molecular weight excluding hydrogens is 250 g/mol. The summed E-state index contributed by atoms with van der Waals surface area (Å²) in [6, 6.07) is 13.8. The molecule has 0 saturated heterocycles. The largest absolute Gasteiger partial charge is 0.312 e. The summed E-state index contributed by atoms with van der Waals surface area (Å²) in [7, 11) is 2.10. The van der Waals surface area contributed by atoms with Crippen molar-refractivity contribution in [2.75, 3.05) is 7.05 Å². The lowest BCUT2D eigenvalue weighted by molar-refractivity contribution is 0.523. The smallest absolute Gasteiger partial charge is 0.0449 e. The van der Waals surface area contributed by atoms with Crippen LogP contribution >= 0.6 is 11.3 Å². The average molecular weight is 271 g/mol. The second kappa shape index (κ2) is 5.48. The van der Waals surface area contributed by atoms with Crippen LogP contribution in [-0.2, 0) is 6.42 Å². The molecule has 0 aliphatic heterocycles. The zero-order valence-corrected chi connectivity index (χ0v) is 12.4. The predicted molar refractivity (Wildman–Crippen MR) is 82.8 cm³/mol. The first-order valence-electron chi connectivity index (χ1n) is 7.13. The van der Waals surface area contributed by atoms with Crippen molar-refractivity contribution in [3.05, 3.63) is 57.8 Å². The van der Waals surface area contributed by atoms with Gasteiger partial charge in [0.05, 0.1) is 0 Å². The van der Waals surface area contributed by atoms with Crippen molar-refractivity contribution in [3.8, 4) is 0 Å². The van der Waals surface area contributed by atoms with Gasteiger partial charge in [0.2, 0.25) is 0 Å². The van der Waals surface area contributed by atoms with E-state index < -0.39 is 0 Å². The summed E-state index contributed by atoms with van der Waals surface area (Å²) in [5.74, 6) is 1.50. The van der Waals surface area contributed by atoms with Crippen molar-refractivity contribution in [3.63, 3.8) is 0 Å². The fourth-order valence-electron chi connectivity index (χ4n) is 3.12. The first kappa shape index (κ1) is 12.9. The zero-order chi connectivity index (χ0) is 13.2. The van der Waals surface area contributed by atoms with Gasteiger partial charge in [-0.3, -0.25) is 0 Å². The SMILES string of the molecule is CCc1ccsc1C(NC)C1CC1c1ccccc1. The Labute approximate surface area is 119 Å². The normalized spacial score (nSPS) is 23.3. The Bertz CT molecular complexity index is 531. The molecule has 100 valence electrons. The van der Waals surface area contributed by atoms with Crippen LogP contribution < -0.4 is 5.32 Å². The molecule has 1 N–H and O–H groups in total. The van der Waals surface area contributed by atoms with E-state index in [0.29, 0.717) is 6.04 Å². The van der Waals surface area contributed by atoms with Crippen molar-refractivity contribution in [2.45, 2.75) is 31.7 Å². The molecule has 1 heterocycles. The van der Waals surface area contributed by atoms with E-state index >= 15 is 0 Å². The highest BCUT2D eigenvalue weighted by Gasteiger charge is 2.44. The van der Waals surface area contributed by atoms with E-state index in [2.05, 4.69) is 61.1 Å². The van der Waals surface area contributed by atoms with Gasteiger partial charge in [0.25, 0.3) is 0 Å². The lowest BCUT2D eigenvalue weighted by atomic mass is 10.0. The van der Waals surface area contributed by atoms with E-state index in [-0.39, 0.29) is 0 Å². The molecule has 3 atom stereocenters. The van der Waals surface area contributed by atoms with Crippen molar-refractivity contribution >= 4 is 11.3 Å². The van der Waals surface area contributed by atoms with Crippen LogP contribution in [0.4, 0.5) is 0 Å². The van der Waals surface area contributed by atoms with Gasteiger partial charge in [-0.15, -0.1) is 11.3 Å². The van der Waals surface area contributed by atoms with Crippen molar-refractivity contribution < 1.29 is 0 Å². The molecule has 2 heteroatoms. The zero-order valence-electron chi connectivity index (χ0n) is 11.6. The van der Waals surface area contributed by atoms with Gasteiger partial charge < -0.3 is 5.32 Å². The van der Waals surface area contributed by atoms with Crippen LogP contribution in [0, 0.1) is 5.92 Å². The average Bonchev–Trinajstić information content (AvgIpc) is 3.10. The van der Waals surface area contributed by atoms with Crippen LogP contribution in [0.1, 0.15) is 41.3 Å². The van der Waals surface area contributed by atoms with Crippen LogP contribution in [-0.4, -0.2) is 7.05 Å². The molecule has 1 aromatic heterocycles. The molecule has 0 radical (unpaired) electrons. The third-order valence-corrected chi connectivity index (χ3v) is 5.29. The van der Waals surface area contributed by atoms with E-state index in [1.807, 2.05) is 11.3 Å². The van der Waals surface area contributed by atoms with Crippen LogP contribution in [0.5, 0.6) is 0 Å². The second-order valence-corrected chi connectivity index (χ2v) is 6.29. The molecule has 3 rings (SSSR count). The summed E-state index contributed by atoms with van der Waals surface area (Å²) in [4.78, 5) is 1.55. The summed E-state index contributed by atoms with van der Waals surface area (Å²) in [5, 5.41) is 5.79. The maximum atomic E-state index is 3.55. The number of aryl methyl sites for hydroxylation is 1. The Hall–Kier alpha value is -1.12. The van der Waals surface area contributed by atoms with Gasteiger partial charge in [-0.1, -0.05) is 37.3 Å². The molecule has 1 fully saturated rings. The van der Waals surface area contributed by atoms with Gasteiger partial charge in [-0.05, 0) is 54.3 Å². The fraction of sp³-hybridized carbons (Fsp3) is 0.412. The molecule has 2 aromatic rings. The van der Waals surface area contributed by atoms with E-state index in [0.717, 1.165) is 18.3 Å². The number of hydrogen-bond acceptors (Lipinski definition) is 2. The Morgan fingerprint density at radius 2 is 2.05 bits per heavy atom. The summed E-state index contributed by atoms with van der Waals surface area (Å²) in [5.41, 5.74) is 3.02. The van der Waals surface area contributed by atoms with Crippen molar-refractivity contribution in [2.24, 2.45) is 5.92 Å². The first-order chi connectivity index (χ1) is 9.35. The van der Waals surface area contributed by atoms with E-state index in [1.165, 1.54) is 17.5 Å². The quantitative estimate of drug-likeness (QED) is 0.851. The second-order valence-electron chi connectivity index (χ2n) is 5.35. The predicted octanol–water partition coefficient (Wildman–Crippen LogP) is 4.37. The number of nitrogens with one attached hydrogen (secondary N) is 1. The summed E-state index contributed by atoms with van der Waals surface area (Å²) in [6.07, 6.45) is 2.45. The maximum Gasteiger partial charge on any atom is 0.0449 e. The van der Waals surface area contributed by atoms with Crippen molar-refractivity contribution in [1.29, 1.82) is 0 Å². The Morgan fingerprint density at radius 1 is 1.26 bits per heavy atom.